The Kier molecular flexibility index (Phi) is 4.23. The smallest absolute Gasteiger partial charge is 0.153 e. The largest absolute Gasteiger partial charge is 0.399 e. The lowest BCUT2D eigenvalue weighted by atomic mass is 10.0. The Hall–Kier alpha value is -3.42. The van der Waals surface area contributed by atoms with E-state index >= 15 is 0 Å². The lowest BCUT2D eigenvalue weighted by molar-refractivity contribution is 0.213. The molecule has 0 fully saturated rings. The molecule has 0 radical (unpaired) electrons. The first kappa shape index (κ1) is 17.0. The van der Waals surface area contributed by atoms with Crippen LogP contribution in [0.15, 0.2) is 47.9 Å². The molecular formula is C19H15F2N5O. The fourth-order valence-electron chi connectivity index (χ4n) is 2.95. The third kappa shape index (κ3) is 2.99. The summed E-state index contributed by atoms with van der Waals surface area (Å²) in [6, 6.07) is 7.96. The predicted octanol–water partition coefficient (Wildman–Crippen LogP) is 3.52. The van der Waals surface area contributed by atoms with E-state index in [1.165, 1.54) is 19.4 Å². The molecule has 0 amide bonds. The minimum Gasteiger partial charge on any atom is -0.399 e. The Bertz CT molecular complexity index is 1190. The van der Waals surface area contributed by atoms with E-state index in [1.54, 1.807) is 41.9 Å². The summed E-state index contributed by atoms with van der Waals surface area (Å²) in [4.78, 5) is 13.0. The summed E-state index contributed by atoms with van der Waals surface area (Å²) in [6.45, 7) is 1.75. The molecule has 6 nitrogen and oxygen atoms in total. The summed E-state index contributed by atoms with van der Waals surface area (Å²) in [7, 11) is 1.45. The Morgan fingerprint density at radius 1 is 1.22 bits per heavy atom. The van der Waals surface area contributed by atoms with Crippen molar-refractivity contribution in [1.82, 2.24) is 19.6 Å². The van der Waals surface area contributed by atoms with Gasteiger partial charge in [-0.3, -0.25) is 4.98 Å². The number of hydrogen-bond donors (Lipinski definition) is 0. The molecule has 0 N–H and O–H groups in total. The van der Waals surface area contributed by atoms with Crippen molar-refractivity contribution in [1.29, 1.82) is 0 Å². The second kappa shape index (κ2) is 6.71. The molecule has 3 heterocycles. The van der Waals surface area contributed by atoms with Gasteiger partial charge in [-0.25, -0.2) is 18.3 Å². The number of hydrogen-bond acceptors (Lipinski definition) is 5. The molecule has 4 aromatic rings. The van der Waals surface area contributed by atoms with E-state index in [0.29, 0.717) is 22.7 Å². The average Bonchev–Trinajstić information content (AvgIpc) is 3.07. The minimum absolute atomic E-state index is 0.000585. The second-order valence-corrected chi connectivity index (χ2v) is 6.00. The number of rotatable bonds is 4. The lowest BCUT2D eigenvalue weighted by Gasteiger charge is -2.08. The van der Waals surface area contributed by atoms with Gasteiger partial charge in [-0.15, -0.1) is 0 Å². The molecule has 0 bridgehead atoms. The zero-order valence-electron chi connectivity index (χ0n) is 14.6. The Morgan fingerprint density at radius 2 is 2.07 bits per heavy atom. The van der Waals surface area contributed by atoms with Gasteiger partial charge in [-0.2, -0.15) is 5.10 Å². The van der Waals surface area contributed by atoms with Crippen LogP contribution in [0.3, 0.4) is 0 Å². The van der Waals surface area contributed by atoms with Crippen LogP contribution in [0.25, 0.3) is 16.6 Å². The number of pyridine rings is 1. The summed E-state index contributed by atoms with van der Waals surface area (Å²) in [5.41, 5.74) is 2.51. The van der Waals surface area contributed by atoms with Crippen LogP contribution >= 0.6 is 0 Å². The number of oxime groups is 1. The van der Waals surface area contributed by atoms with Crippen LogP contribution < -0.4 is 0 Å². The van der Waals surface area contributed by atoms with Crippen LogP contribution in [0.2, 0.25) is 0 Å². The van der Waals surface area contributed by atoms with Crippen LogP contribution in [-0.2, 0) is 11.3 Å². The quantitative estimate of drug-likeness (QED) is 0.409. The van der Waals surface area contributed by atoms with E-state index in [0.717, 1.165) is 0 Å². The highest BCUT2D eigenvalue weighted by Crippen LogP contribution is 2.25. The summed E-state index contributed by atoms with van der Waals surface area (Å²) in [5, 5.41) is 8.59. The first-order chi connectivity index (χ1) is 13.1. The van der Waals surface area contributed by atoms with E-state index < -0.39 is 11.6 Å². The van der Waals surface area contributed by atoms with Crippen molar-refractivity contribution < 1.29 is 13.6 Å². The first-order valence-corrected chi connectivity index (χ1v) is 8.22. The van der Waals surface area contributed by atoms with Gasteiger partial charge in [0, 0.05) is 29.6 Å². The molecule has 0 unspecified atom stereocenters. The van der Waals surface area contributed by atoms with E-state index in [9.17, 15) is 8.78 Å². The van der Waals surface area contributed by atoms with E-state index in [4.69, 9.17) is 4.84 Å². The van der Waals surface area contributed by atoms with Gasteiger partial charge >= 0.3 is 0 Å². The molecule has 0 spiro atoms. The number of halogens is 2. The van der Waals surface area contributed by atoms with Crippen molar-refractivity contribution in [3.8, 4) is 0 Å². The summed E-state index contributed by atoms with van der Waals surface area (Å²) < 4.78 is 30.9. The Morgan fingerprint density at radius 3 is 2.89 bits per heavy atom. The molecule has 8 heteroatoms. The van der Waals surface area contributed by atoms with Gasteiger partial charge in [0.1, 0.15) is 30.1 Å². The molecule has 4 rings (SSSR count). The van der Waals surface area contributed by atoms with Gasteiger partial charge in [0.05, 0.1) is 17.4 Å². The Balaban J connectivity index is 1.81. The first-order valence-electron chi connectivity index (χ1n) is 8.22. The number of imidazole rings is 1. The maximum absolute atomic E-state index is 14.9. The maximum atomic E-state index is 14.9. The molecule has 0 aliphatic carbocycles. The van der Waals surface area contributed by atoms with Crippen LogP contribution in [0.5, 0.6) is 0 Å². The summed E-state index contributed by atoms with van der Waals surface area (Å²) in [5.74, 6) is -1.27. The van der Waals surface area contributed by atoms with Crippen molar-refractivity contribution in [3.05, 3.63) is 71.3 Å². The maximum Gasteiger partial charge on any atom is 0.153 e. The fourth-order valence-corrected chi connectivity index (χ4v) is 2.95. The normalized spacial score (nSPS) is 12.1. The van der Waals surface area contributed by atoms with Gasteiger partial charge in [0.15, 0.2) is 5.65 Å². The third-order valence-corrected chi connectivity index (χ3v) is 4.28. The van der Waals surface area contributed by atoms with Crippen molar-refractivity contribution >= 4 is 22.3 Å². The fraction of sp³-hybridized carbons (Fsp3) is 0.158. The molecule has 3 aromatic heterocycles. The highest BCUT2D eigenvalue weighted by molar-refractivity contribution is 5.96. The number of fused-ring (bicyclic) bond motifs is 2. The zero-order valence-corrected chi connectivity index (χ0v) is 14.6. The SMILES string of the molecule is CON=C(C)c1ccc2ncc(Cc3c(F)cc4ncccc4c3F)n2n1. The molecular weight excluding hydrogens is 352 g/mol. The van der Waals surface area contributed by atoms with Crippen molar-refractivity contribution in [2.75, 3.05) is 7.11 Å². The van der Waals surface area contributed by atoms with Crippen LogP contribution in [0, 0.1) is 11.6 Å². The Labute approximate surface area is 153 Å². The highest BCUT2D eigenvalue weighted by atomic mass is 19.1. The molecule has 0 saturated heterocycles. The van der Waals surface area contributed by atoms with Gasteiger partial charge in [-0.05, 0) is 31.2 Å². The van der Waals surface area contributed by atoms with Crippen LogP contribution in [-0.4, -0.2) is 32.4 Å². The van der Waals surface area contributed by atoms with Crippen LogP contribution in [0.4, 0.5) is 8.78 Å². The number of benzene rings is 1. The standard InChI is InChI=1S/C19H15F2N5O/c1-11(25-27-2)16-5-6-18-23-10-12(26(18)24-16)8-14-15(20)9-17-13(19(14)21)4-3-7-22-17/h3-7,9-10H,8H2,1-2H3. The monoisotopic (exact) mass is 367 g/mol. The predicted molar refractivity (Wildman–Crippen MR) is 96.7 cm³/mol. The number of nitrogens with zero attached hydrogens (tertiary/aromatic N) is 5. The number of aromatic nitrogens is 4. The molecule has 0 saturated carbocycles. The van der Waals surface area contributed by atoms with E-state index in [2.05, 4.69) is 20.2 Å². The minimum atomic E-state index is -0.651. The molecule has 0 atom stereocenters. The van der Waals surface area contributed by atoms with Crippen molar-refractivity contribution in [2.24, 2.45) is 5.16 Å². The third-order valence-electron chi connectivity index (χ3n) is 4.28. The summed E-state index contributed by atoms with van der Waals surface area (Å²) in [6.07, 6.45) is 3.06. The molecule has 1 aromatic carbocycles. The topological polar surface area (TPSA) is 64.7 Å². The average molecular weight is 367 g/mol. The zero-order chi connectivity index (χ0) is 19.0. The van der Waals surface area contributed by atoms with Crippen LogP contribution in [0.1, 0.15) is 23.9 Å². The molecule has 0 aliphatic rings. The van der Waals surface area contributed by atoms with Gasteiger partial charge in [-0.1, -0.05) is 5.16 Å². The van der Waals surface area contributed by atoms with Crippen molar-refractivity contribution in [2.45, 2.75) is 13.3 Å². The van der Waals surface area contributed by atoms with Gasteiger partial charge in [0.25, 0.3) is 0 Å². The van der Waals surface area contributed by atoms with E-state index in [-0.39, 0.29) is 22.9 Å². The molecule has 136 valence electrons. The van der Waals surface area contributed by atoms with Gasteiger partial charge < -0.3 is 4.84 Å². The lowest BCUT2D eigenvalue weighted by Crippen LogP contribution is -2.07. The summed E-state index contributed by atoms with van der Waals surface area (Å²) >= 11 is 0. The highest BCUT2D eigenvalue weighted by Gasteiger charge is 2.17. The second-order valence-electron chi connectivity index (χ2n) is 6.00. The van der Waals surface area contributed by atoms with Gasteiger partial charge in [0.2, 0.25) is 0 Å². The molecule has 0 aliphatic heterocycles. The van der Waals surface area contributed by atoms with E-state index in [1.807, 2.05) is 0 Å². The molecule has 27 heavy (non-hydrogen) atoms. The van der Waals surface area contributed by atoms with Crippen molar-refractivity contribution in [3.63, 3.8) is 0 Å².